The van der Waals surface area contributed by atoms with Gasteiger partial charge in [-0.3, -0.25) is 4.79 Å². The first-order chi connectivity index (χ1) is 7.61. The molecule has 94 valence electrons. The second-order valence-electron chi connectivity index (χ2n) is 4.46. The van der Waals surface area contributed by atoms with Crippen molar-refractivity contribution in [2.75, 3.05) is 32.7 Å². The van der Waals surface area contributed by atoms with E-state index in [9.17, 15) is 9.90 Å². The van der Waals surface area contributed by atoms with Crippen molar-refractivity contribution >= 4 is 5.97 Å². The lowest BCUT2D eigenvalue weighted by Gasteiger charge is -2.15. The van der Waals surface area contributed by atoms with Crippen LogP contribution in [0.25, 0.3) is 0 Å². The van der Waals surface area contributed by atoms with Gasteiger partial charge in [0.05, 0.1) is 12.5 Å². The van der Waals surface area contributed by atoms with Crippen molar-refractivity contribution in [3.05, 3.63) is 0 Å². The molecule has 2 unspecified atom stereocenters. The molecule has 5 nitrogen and oxygen atoms in total. The van der Waals surface area contributed by atoms with Gasteiger partial charge in [0.15, 0.2) is 0 Å². The number of carboxylic acid groups (broad SMARTS) is 1. The molecular weight excluding hydrogens is 208 g/mol. The van der Waals surface area contributed by atoms with Crippen LogP contribution >= 0.6 is 0 Å². The maximum absolute atomic E-state index is 10.3. The Hall–Kier alpha value is -0.650. The van der Waals surface area contributed by atoms with E-state index in [2.05, 4.69) is 17.1 Å². The highest BCUT2D eigenvalue weighted by Crippen LogP contribution is 2.14. The van der Waals surface area contributed by atoms with Gasteiger partial charge >= 0.3 is 5.97 Å². The zero-order chi connectivity index (χ0) is 12.0. The molecule has 0 radical (unpaired) electrons. The summed E-state index contributed by atoms with van der Waals surface area (Å²) < 4.78 is 0. The van der Waals surface area contributed by atoms with E-state index in [0.29, 0.717) is 12.5 Å². The summed E-state index contributed by atoms with van der Waals surface area (Å²) >= 11 is 0. The van der Waals surface area contributed by atoms with Crippen LogP contribution in [0.3, 0.4) is 0 Å². The van der Waals surface area contributed by atoms with Gasteiger partial charge in [0, 0.05) is 13.1 Å². The van der Waals surface area contributed by atoms with Crippen molar-refractivity contribution in [1.82, 2.24) is 10.2 Å². The van der Waals surface area contributed by atoms with Gasteiger partial charge in [0.2, 0.25) is 0 Å². The molecule has 0 aliphatic carbocycles. The van der Waals surface area contributed by atoms with Crippen molar-refractivity contribution in [1.29, 1.82) is 0 Å². The molecule has 0 aromatic heterocycles. The average molecular weight is 230 g/mol. The largest absolute Gasteiger partial charge is 0.481 e. The van der Waals surface area contributed by atoms with Crippen LogP contribution < -0.4 is 5.32 Å². The van der Waals surface area contributed by atoms with E-state index < -0.39 is 12.1 Å². The molecule has 0 bridgehead atoms. The lowest BCUT2D eigenvalue weighted by Crippen LogP contribution is -2.33. The van der Waals surface area contributed by atoms with E-state index in [4.69, 9.17) is 5.11 Å². The minimum absolute atomic E-state index is 0.182. The topological polar surface area (TPSA) is 72.8 Å². The number of aliphatic hydroxyl groups is 1. The van der Waals surface area contributed by atoms with Crippen molar-refractivity contribution in [3.8, 4) is 0 Å². The van der Waals surface area contributed by atoms with Crippen LogP contribution in [0, 0.1) is 5.92 Å². The number of aliphatic carboxylic acids is 1. The fraction of sp³-hybridized carbons (Fsp3) is 0.909. The zero-order valence-corrected chi connectivity index (χ0v) is 9.85. The number of carboxylic acids is 1. The third-order valence-corrected chi connectivity index (χ3v) is 3.04. The number of nitrogens with zero attached hydrogens (tertiary/aromatic N) is 1. The summed E-state index contributed by atoms with van der Waals surface area (Å²) in [6, 6.07) is 0. The molecule has 16 heavy (non-hydrogen) atoms. The molecule has 1 fully saturated rings. The second kappa shape index (κ2) is 6.83. The number of nitrogens with one attached hydrogen (secondary N) is 1. The van der Waals surface area contributed by atoms with Gasteiger partial charge in [-0.15, -0.1) is 0 Å². The Balaban J connectivity index is 2.05. The number of likely N-dealkylation sites (tertiary alicyclic amines) is 1. The Labute approximate surface area is 96.4 Å². The Morgan fingerprint density at radius 2 is 2.38 bits per heavy atom. The van der Waals surface area contributed by atoms with E-state index in [1.807, 2.05) is 0 Å². The van der Waals surface area contributed by atoms with Crippen LogP contribution in [0.2, 0.25) is 0 Å². The number of aliphatic hydroxyl groups excluding tert-OH is 1. The molecule has 1 aliphatic heterocycles. The van der Waals surface area contributed by atoms with E-state index in [-0.39, 0.29) is 6.42 Å². The summed E-state index contributed by atoms with van der Waals surface area (Å²) in [7, 11) is 0. The van der Waals surface area contributed by atoms with Gasteiger partial charge in [-0.1, -0.05) is 6.92 Å². The van der Waals surface area contributed by atoms with Gasteiger partial charge in [-0.25, -0.2) is 0 Å². The van der Waals surface area contributed by atoms with Crippen LogP contribution in [0.4, 0.5) is 0 Å². The zero-order valence-electron chi connectivity index (χ0n) is 9.85. The van der Waals surface area contributed by atoms with Gasteiger partial charge in [-0.2, -0.15) is 0 Å². The molecule has 1 aliphatic rings. The number of rotatable bonds is 7. The fourth-order valence-electron chi connectivity index (χ4n) is 2.09. The van der Waals surface area contributed by atoms with Crippen LogP contribution in [0.1, 0.15) is 19.8 Å². The molecule has 0 saturated carbocycles. The maximum Gasteiger partial charge on any atom is 0.306 e. The molecule has 1 heterocycles. The normalized spacial score (nSPS) is 23.5. The first-order valence-corrected chi connectivity index (χ1v) is 5.94. The Morgan fingerprint density at radius 3 is 2.94 bits per heavy atom. The molecule has 0 spiro atoms. The predicted molar refractivity (Wildman–Crippen MR) is 61.4 cm³/mol. The maximum atomic E-state index is 10.3. The first-order valence-electron chi connectivity index (χ1n) is 5.94. The van der Waals surface area contributed by atoms with E-state index >= 15 is 0 Å². The summed E-state index contributed by atoms with van der Waals surface area (Å²) in [5.74, 6) is -0.315. The predicted octanol–water partition coefficient (Wildman–Crippen LogP) is -0.247. The van der Waals surface area contributed by atoms with Gasteiger partial charge < -0.3 is 20.4 Å². The third-order valence-electron chi connectivity index (χ3n) is 3.04. The minimum Gasteiger partial charge on any atom is -0.481 e. The number of carbonyl (C=O) groups is 1. The molecular formula is C11H22N2O3. The van der Waals surface area contributed by atoms with E-state index in [1.165, 1.54) is 6.42 Å². The van der Waals surface area contributed by atoms with Crippen LogP contribution in [-0.4, -0.2) is 59.9 Å². The fourth-order valence-corrected chi connectivity index (χ4v) is 2.09. The van der Waals surface area contributed by atoms with Crippen LogP contribution in [0.15, 0.2) is 0 Å². The molecule has 2 atom stereocenters. The standard InChI is InChI=1S/C11H22N2O3/c1-2-13-4-3-9(8-13)6-12-7-10(14)5-11(15)16/h9-10,12,14H,2-8H2,1H3,(H,15,16). The first kappa shape index (κ1) is 13.4. The molecule has 1 saturated heterocycles. The van der Waals surface area contributed by atoms with E-state index in [0.717, 1.165) is 26.2 Å². The van der Waals surface area contributed by atoms with Gasteiger partial charge in [-0.05, 0) is 32.0 Å². The summed E-state index contributed by atoms with van der Waals surface area (Å²) in [5, 5.41) is 20.9. The number of hydrogen-bond donors (Lipinski definition) is 3. The smallest absolute Gasteiger partial charge is 0.306 e. The monoisotopic (exact) mass is 230 g/mol. The summed E-state index contributed by atoms with van der Waals surface area (Å²) in [6.45, 7) is 6.76. The molecule has 0 aromatic carbocycles. The molecule has 0 amide bonds. The quantitative estimate of drug-likeness (QED) is 0.562. The van der Waals surface area contributed by atoms with Crippen LogP contribution in [0.5, 0.6) is 0 Å². The van der Waals surface area contributed by atoms with Gasteiger partial charge in [0.1, 0.15) is 0 Å². The molecule has 0 aromatic rings. The van der Waals surface area contributed by atoms with E-state index in [1.54, 1.807) is 0 Å². The Bertz CT molecular complexity index is 223. The number of hydrogen-bond acceptors (Lipinski definition) is 4. The van der Waals surface area contributed by atoms with Crippen LogP contribution in [-0.2, 0) is 4.79 Å². The average Bonchev–Trinajstić information content (AvgIpc) is 2.64. The van der Waals surface area contributed by atoms with Gasteiger partial charge in [0.25, 0.3) is 0 Å². The third kappa shape index (κ3) is 4.92. The summed E-state index contributed by atoms with van der Waals surface area (Å²) in [6.07, 6.45) is 0.232. The van der Waals surface area contributed by atoms with Crippen molar-refractivity contribution in [2.45, 2.75) is 25.9 Å². The molecule has 1 rings (SSSR count). The minimum atomic E-state index is -0.952. The summed E-state index contributed by atoms with van der Waals surface area (Å²) in [4.78, 5) is 12.7. The highest BCUT2D eigenvalue weighted by molar-refractivity contribution is 5.67. The van der Waals surface area contributed by atoms with Crippen molar-refractivity contribution in [2.24, 2.45) is 5.92 Å². The highest BCUT2D eigenvalue weighted by Gasteiger charge is 2.20. The SMILES string of the molecule is CCN1CCC(CNCC(O)CC(=O)O)C1. The Kier molecular flexibility index (Phi) is 5.73. The Morgan fingerprint density at radius 1 is 1.62 bits per heavy atom. The molecule has 5 heteroatoms. The molecule has 3 N–H and O–H groups in total. The lowest BCUT2D eigenvalue weighted by molar-refractivity contribution is -0.139. The van der Waals surface area contributed by atoms with Crippen molar-refractivity contribution < 1.29 is 15.0 Å². The lowest BCUT2D eigenvalue weighted by atomic mass is 10.1. The van der Waals surface area contributed by atoms with Crippen molar-refractivity contribution in [3.63, 3.8) is 0 Å². The summed E-state index contributed by atoms with van der Waals surface area (Å²) in [5.41, 5.74) is 0. The second-order valence-corrected chi connectivity index (χ2v) is 4.46. The highest BCUT2D eigenvalue weighted by atomic mass is 16.4.